The maximum absolute atomic E-state index is 12.4. The van der Waals surface area contributed by atoms with Crippen molar-refractivity contribution in [3.05, 3.63) is 33.7 Å². The number of nitrogens with zero attached hydrogens (tertiary/aromatic N) is 5. The first-order chi connectivity index (χ1) is 15.2. The maximum Gasteiger partial charge on any atom is 0.495 e. The Labute approximate surface area is 197 Å². The van der Waals surface area contributed by atoms with Crippen LogP contribution in [-0.4, -0.2) is 66.0 Å². The third-order valence-corrected chi connectivity index (χ3v) is 6.63. The van der Waals surface area contributed by atoms with Crippen LogP contribution in [0.1, 0.15) is 59.6 Å². The summed E-state index contributed by atoms with van der Waals surface area (Å²) >= 11 is 0. The van der Waals surface area contributed by atoms with Gasteiger partial charge < -0.3 is 18.9 Å². The Balaban J connectivity index is 1.76. The second kappa shape index (κ2) is 9.18. The van der Waals surface area contributed by atoms with Gasteiger partial charge in [0.05, 0.1) is 11.2 Å². The summed E-state index contributed by atoms with van der Waals surface area (Å²) in [5.41, 5.74) is 11.1. The maximum atomic E-state index is 12.4. The number of piperazine rings is 1. The first kappa shape index (κ1) is 25.4. The van der Waals surface area contributed by atoms with Crippen molar-refractivity contribution in [2.45, 2.75) is 78.7 Å². The molecule has 1 aromatic rings. The molecule has 0 aliphatic carbocycles. The molecule has 2 fully saturated rings. The summed E-state index contributed by atoms with van der Waals surface area (Å²) in [4.78, 5) is 19.4. The monoisotopic (exact) mass is 457 g/mol. The molecule has 2 saturated heterocycles. The molecule has 2 heterocycles. The van der Waals surface area contributed by atoms with E-state index in [1.165, 1.54) is 0 Å². The summed E-state index contributed by atoms with van der Waals surface area (Å²) in [5.74, 6) is 0. The predicted molar refractivity (Wildman–Crippen MR) is 129 cm³/mol. The molecule has 0 bridgehead atoms. The van der Waals surface area contributed by atoms with Gasteiger partial charge >= 0.3 is 13.2 Å². The van der Waals surface area contributed by atoms with E-state index >= 15 is 0 Å². The molecular weight excluding hydrogens is 421 g/mol. The van der Waals surface area contributed by atoms with Gasteiger partial charge in [-0.2, -0.15) is 0 Å². The summed E-state index contributed by atoms with van der Waals surface area (Å²) in [6.45, 7) is 19.1. The zero-order valence-electron chi connectivity index (χ0n) is 21.1. The van der Waals surface area contributed by atoms with Gasteiger partial charge in [0.15, 0.2) is 0 Å². The number of ether oxygens (including phenoxy) is 1. The number of rotatable bonds is 4. The minimum absolute atomic E-state index is 0.272. The summed E-state index contributed by atoms with van der Waals surface area (Å²) < 4.78 is 18.0. The number of amides is 1. The first-order valence-corrected chi connectivity index (χ1v) is 11.5. The van der Waals surface area contributed by atoms with E-state index in [1.807, 2.05) is 67.5 Å². The Morgan fingerprint density at radius 3 is 2.24 bits per heavy atom. The highest BCUT2D eigenvalue weighted by Gasteiger charge is 2.52. The number of benzene rings is 1. The standard InChI is InChI=1S/C23H36BN5O4/c1-16-17(15-28-9-11-29(12-10-28)20(30)31-21(2,3)4)13-18(26-27-25)14-19(16)24-32-22(5,6)23(7,8)33-24/h13-14H,9-12,15H2,1-8H3. The molecule has 2 aliphatic heterocycles. The van der Waals surface area contributed by atoms with E-state index < -0.39 is 23.9 Å². The number of carbonyl (C=O) groups excluding carboxylic acids is 1. The molecule has 3 rings (SSSR count). The molecule has 0 N–H and O–H groups in total. The van der Waals surface area contributed by atoms with E-state index in [9.17, 15) is 4.79 Å². The van der Waals surface area contributed by atoms with Gasteiger partial charge in [0.1, 0.15) is 5.60 Å². The zero-order valence-corrected chi connectivity index (χ0v) is 21.1. The smallest absolute Gasteiger partial charge is 0.444 e. The lowest BCUT2D eigenvalue weighted by atomic mass is 9.74. The van der Waals surface area contributed by atoms with Gasteiger partial charge in [-0.25, -0.2) is 4.79 Å². The Hall–Kier alpha value is -2.26. The molecule has 0 aromatic heterocycles. The molecule has 9 nitrogen and oxygen atoms in total. The second-order valence-corrected chi connectivity index (χ2v) is 10.8. The van der Waals surface area contributed by atoms with E-state index in [4.69, 9.17) is 19.6 Å². The van der Waals surface area contributed by atoms with Crippen molar-refractivity contribution in [2.75, 3.05) is 26.2 Å². The fourth-order valence-corrected chi connectivity index (χ4v) is 3.93. The van der Waals surface area contributed by atoms with E-state index in [2.05, 4.69) is 14.9 Å². The zero-order chi connectivity index (χ0) is 24.6. The van der Waals surface area contributed by atoms with Gasteiger partial charge in [-0.3, -0.25) is 4.90 Å². The molecule has 33 heavy (non-hydrogen) atoms. The summed E-state index contributed by atoms with van der Waals surface area (Å²) in [6, 6.07) is 3.77. The molecule has 1 aromatic carbocycles. The molecule has 2 aliphatic rings. The number of hydrogen-bond donors (Lipinski definition) is 0. The van der Waals surface area contributed by atoms with Crippen LogP contribution in [0, 0.1) is 6.92 Å². The Morgan fingerprint density at radius 1 is 1.15 bits per heavy atom. The minimum Gasteiger partial charge on any atom is -0.444 e. The molecule has 0 atom stereocenters. The van der Waals surface area contributed by atoms with E-state index in [1.54, 1.807) is 4.90 Å². The van der Waals surface area contributed by atoms with Crippen molar-refractivity contribution in [1.82, 2.24) is 9.80 Å². The average Bonchev–Trinajstić information content (AvgIpc) is 2.90. The topological polar surface area (TPSA) is 100 Å². The van der Waals surface area contributed by atoms with Crippen molar-refractivity contribution >= 4 is 24.4 Å². The van der Waals surface area contributed by atoms with Gasteiger partial charge in [-0.15, -0.1) is 0 Å². The van der Waals surface area contributed by atoms with Crippen molar-refractivity contribution in [3.8, 4) is 0 Å². The third kappa shape index (κ3) is 5.82. The largest absolute Gasteiger partial charge is 0.495 e. The lowest BCUT2D eigenvalue weighted by Crippen LogP contribution is -2.49. The summed E-state index contributed by atoms with van der Waals surface area (Å²) in [6.07, 6.45) is -0.272. The highest BCUT2D eigenvalue weighted by molar-refractivity contribution is 6.62. The molecule has 0 radical (unpaired) electrons. The summed E-state index contributed by atoms with van der Waals surface area (Å²) in [5, 5.41) is 3.86. The Bertz CT molecular complexity index is 929. The predicted octanol–water partition coefficient (Wildman–Crippen LogP) is 4.29. The van der Waals surface area contributed by atoms with Crippen LogP contribution in [0.3, 0.4) is 0 Å². The normalized spacial score (nSPS) is 20.5. The quantitative estimate of drug-likeness (QED) is 0.291. The fourth-order valence-electron chi connectivity index (χ4n) is 3.93. The van der Waals surface area contributed by atoms with Gasteiger partial charge in [-0.05, 0) is 83.6 Å². The van der Waals surface area contributed by atoms with Crippen molar-refractivity contribution in [2.24, 2.45) is 5.11 Å². The minimum atomic E-state index is -0.536. The Kier molecular flexibility index (Phi) is 7.06. The van der Waals surface area contributed by atoms with Crippen molar-refractivity contribution < 1.29 is 18.8 Å². The van der Waals surface area contributed by atoms with Crippen molar-refractivity contribution in [3.63, 3.8) is 0 Å². The van der Waals surface area contributed by atoms with Crippen LogP contribution >= 0.6 is 0 Å². The molecule has 0 unspecified atom stereocenters. The van der Waals surface area contributed by atoms with E-state index in [-0.39, 0.29) is 6.09 Å². The molecule has 180 valence electrons. The van der Waals surface area contributed by atoms with Crippen LogP contribution < -0.4 is 5.46 Å². The number of carbonyl (C=O) groups is 1. The molecule has 1 amide bonds. The van der Waals surface area contributed by atoms with Gasteiger partial charge in [0, 0.05) is 43.3 Å². The second-order valence-electron chi connectivity index (χ2n) is 10.8. The average molecular weight is 457 g/mol. The number of azide groups is 1. The lowest BCUT2D eigenvalue weighted by molar-refractivity contribution is 0.00578. The highest BCUT2D eigenvalue weighted by atomic mass is 16.7. The molecule has 10 heteroatoms. The van der Waals surface area contributed by atoms with Crippen LogP contribution in [0.15, 0.2) is 17.2 Å². The van der Waals surface area contributed by atoms with E-state index in [0.29, 0.717) is 25.3 Å². The number of hydrogen-bond acceptors (Lipinski definition) is 6. The molecular formula is C23H36BN5O4. The van der Waals surface area contributed by atoms with Gasteiger partial charge in [0.2, 0.25) is 0 Å². The highest BCUT2D eigenvalue weighted by Crippen LogP contribution is 2.37. The van der Waals surface area contributed by atoms with Gasteiger partial charge in [-0.1, -0.05) is 11.2 Å². The van der Waals surface area contributed by atoms with Gasteiger partial charge in [0.25, 0.3) is 0 Å². The van der Waals surface area contributed by atoms with Crippen molar-refractivity contribution in [1.29, 1.82) is 0 Å². The van der Waals surface area contributed by atoms with Crippen LogP contribution in [0.25, 0.3) is 10.4 Å². The third-order valence-electron chi connectivity index (χ3n) is 6.63. The summed E-state index contributed by atoms with van der Waals surface area (Å²) in [7, 11) is -0.536. The first-order valence-electron chi connectivity index (χ1n) is 11.5. The van der Waals surface area contributed by atoms with E-state index in [0.717, 1.165) is 29.7 Å². The molecule has 0 saturated carbocycles. The van der Waals surface area contributed by atoms with Crippen LogP contribution in [0.2, 0.25) is 0 Å². The lowest BCUT2D eigenvalue weighted by Gasteiger charge is -2.36. The SMILES string of the molecule is Cc1c(CN2CCN(C(=O)OC(C)(C)C)CC2)cc(N=[N+]=[N-])cc1B1OC(C)(C)C(C)(C)O1. The van der Waals surface area contributed by atoms with Crippen LogP contribution in [-0.2, 0) is 20.6 Å². The van der Waals surface area contributed by atoms with Crippen LogP contribution in [0.4, 0.5) is 10.5 Å². The molecule has 0 spiro atoms. The fraction of sp³-hybridized carbons (Fsp3) is 0.696. The van der Waals surface area contributed by atoms with Crippen LogP contribution in [0.5, 0.6) is 0 Å². The Morgan fingerprint density at radius 2 is 1.73 bits per heavy atom.